The molecule has 1 fully saturated rings. The van der Waals surface area contributed by atoms with Crippen LogP contribution in [-0.4, -0.2) is 71.1 Å². The number of unbranched alkanes of at least 4 members (excludes halogenated alkanes) is 5. The van der Waals surface area contributed by atoms with Gasteiger partial charge < -0.3 is 30.4 Å². The van der Waals surface area contributed by atoms with Crippen LogP contribution in [-0.2, 0) is 17.1 Å². The van der Waals surface area contributed by atoms with Crippen molar-refractivity contribution in [3.63, 3.8) is 0 Å². The summed E-state index contributed by atoms with van der Waals surface area (Å²) < 4.78 is 20.7. The summed E-state index contributed by atoms with van der Waals surface area (Å²) in [5.41, 5.74) is -4.70. The standard InChI is InChI=1S/C25H36FN3O8/c1-2-3-4-5-6-10-13-20(26)29(36)24(34)21(31)19(16-30)37-25(24,35)28-15-18(22(32)27-23(28)33)14-17-11-8-7-9-12-17/h7-9,11-12,15,19-21,30-31,34-36H,2-6,10,13-14,16H2,1H3,(H,27,32,33)/t19-,20?,21-,24-,25+/m1/s1. The third-order valence-electron chi connectivity index (χ3n) is 6.73. The zero-order valence-corrected chi connectivity index (χ0v) is 20.8. The smallest absolute Gasteiger partial charge is 0.332 e. The van der Waals surface area contributed by atoms with Gasteiger partial charge in [0.25, 0.3) is 5.56 Å². The topological polar surface area (TPSA) is 168 Å². The third-order valence-corrected chi connectivity index (χ3v) is 6.73. The molecular formula is C25H36FN3O8. The minimum absolute atomic E-state index is 0.0174. The molecule has 0 aliphatic carbocycles. The molecule has 11 nitrogen and oxygen atoms in total. The first-order chi connectivity index (χ1) is 17.6. The zero-order valence-electron chi connectivity index (χ0n) is 20.8. The molecule has 1 aliphatic rings. The van der Waals surface area contributed by atoms with Crippen LogP contribution in [0.3, 0.4) is 0 Å². The number of rotatable bonds is 13. The number of ether oxygens (including phenoxy) is 1. The predicted molar refractivity (Wildman–Crippen MR) is 130 cm³/mol. The first-order valence-electron chi connectivity index (χ1n) is 12.5. The van der Waals surface area contributed by atoms with E-state index < -0.39 is 48.0 Å². The number of benzene rings is 1. The molecule has 2 aromatic rings. The van der Waals surface area contributed by atoms with Crippen molar-refractivity contribution in [3.8, 4) is 0 Å². The molecule has 1 aromatic heterocycles. The fourth-order valence-corrected chi connectivity index (χ4v) is 4.58. The number of H-pyrrole nitrogens is 1. The Morgan fingerprint density at radius 2 is 1.78 bits per heavy atom. The van der Waals surface area contributed by atoms with Gasteiger partial charge in [0.15, 0.2) is 6.30 Å². The minimum atomic E-state index is -3.33. The number of nitrogens with zero attached hydrogens (tertiary/aromatic N) is 2. The third kappa shape index (κ3) is 5.85. The van der Waals surface area contributed by atoms with Crippen molar-refractivity contribution in [1.82, 2.24) is 14.6 Å². The maximum atomic E-state index is 15.1. The van der Waals surface area contributed by atoms with Crippen molar-refractivity contribution < 1.29 is 34.8 Å². The van der Waals surface area contributed by atoms with Gasteiger partial charge in [-0.05, 0) is 18.4 Å². The molecule has 0 saturated carbocycles. The van der Waals surface area contributed by atoms with Crippen molar-refractivity contribution in [1.29, 1.82) is 0 Å². The van der Waals surface area contributed by atoms with Crippen LogP contribution < -0.4 is 11.2 Å². The van der Waals surface area contributed by atoms with E-state index in [-0.39, 0.29) is 23.5 Å². The molecule has 3 rings (SSSR count). The largest absolute Gasteiger partial charge is 0.394 e. The first-order valence-corrected chi connectivity index (χ1v) is 12.5. The Bertz CT molecular complexity index is 1130. The van der Waals surface area contributed by atoms with Gasteiger partial charge in [0.2, 0.25) is 5.72 Å². The van der Waals surface area contributed by atoms with E-state index in [9.17, 15) is 35.2 Å². The number of hydroxylamine groups is 2. The lowest BCUT2D eigenvalue weighted by molar-refractivity contribution is -0.428. The summed E-state index contributed by atoms with van der Waals surface area (Å²) in [6, 6.07) is 8.70. The lowest BCUT2D eigenvalue weighted by Crippen LogP contribution is -2.69. The Morgan fingerprint density at radius 3 is 2.43 bits per heavy atom. The van der Waals surface area contributed by atoms with Crippen LogP contribution in [0.1, 0.15) is 63.0 Å². The van der Waals surface area contributed by atoms with E-state index in [2.05, 4.69) is 6.92 Å². The highest BCUT2D eigenvalue weighted by Crippen LogP contribution is 2.44. The first kappa shape index (κ1) is 29.1. The molecule has 1 aliphatic heterocycles. The Balaban J connectivity index is 1.94. The number of nitrogens with one attached hydrogen (secondary N) is 1. The van der Waals surface area contributed by atoms with E-state index in [0.29, 0.717) is 23.0 Å². The highest BCUT2D eigenvalue weighted by atomic mass is 19.1. The lowest BCUT2D eigenvalue weighted by Gasteiger charge is -2.43. The summed E-state index contributed by atoms with van der Waals surface area (Å²) in [4.78, 5) is 27.2. The maximum absolute atomic E-state index is 15.1. The van der Waals surface area contributed by atoms with E-state index >= 15 is 4.39 Å². The molecule has 5 atom stereocenters. The molecule has 12 heteroatoms. The van der Waals surface area contributed by atoms with Crippen LogP contribution in [0.15, 0.2) is 46.1 Å². The van der Waals surface area contributed by atoms with Gasteiger partial charge >= 0.3 is 11.6 Å². The number of aromatic nitrogens is 2. The van der Waals surface area contributed by atoms with Crippen LogP contribution >= 0.6 is 0 Å². The van der Waals surface area contributed by atoms with Gasteiger partial charge in [0.05, 0.1) is 6.61 Å². The van der Waals surface area contributed by atoms with Crippen molar-refractivity contribution in [2.45, 2.75) is 88.4 Å². The molecule has 0 spiro atoms. The van der Waals surface area contributed by atoms with Crippen LogP contribution in [0.4, 0.5) is 4.39 Å². The molecule has 0 amide bonds. The molecule has 1 saturated heterocycles. The molecule has 206 valence electrons. The molecule has 0 bridgehead atoms. The van der Waals surface area contributed by atoms with Gasteiger partial charge in [-0.3, -0.25) is 9.78 Å². The van der Waals surface area contributed by atoms with Crippen LogP contribution in [0.2, 0.25) is 0 Å². The van der Waals surface area contributed by atoms with E-state index in [4.69, 9.17) is 4.74 Å². The fourth-order valence-electron chi connectivity index (χ4n) is 4.58. The van der Waals surface area contributed by atoms with Gasteiger partial charge in [-0.15, -0.1) is 5.06 Å². The summed E-state index contributed by atoms with van der Waals surface area (Å²) in [5.74, 6) is -3.28. The number of aromatic amines is 1. The summed E-state index contributed by atoms with van der Waals surface area (Å²) in [5, 5.41) is 53.5. The maximum Gasteiger partial charge on any atom is 0.332 e. The second-order valence-electron chi connectivity index (χ2n) is 9.40. The number of aliphatic hydroxyl groups is 4. The van der Waals surface area contributed by atoms with Gasteiger partial charge in [-0.25, -0.2) is 13.8 Å². The highest BCUT2D eigenvalue weighted by molar-refractivity contribution is 5.23. The lowest BCUT2D eigenvalue weighted by atomic mass is 9.99. The molecule has 1 aromatic carbocycles. The molecular weight excluding hydrogens is 489 g/mol. The average molecular weight is 526 g/mol. The quantitative estimate of drug-likeness (QED) is 0.0963. The van der Waals surface area contributed by atoms with Gasteiger partial charge in [-0.1, -0.05) is 69.4 Å². The van der Waals surface area contributed by atoms with E-state index in [0.717, 1.165) is 31.9 Å². The number of alkyl halides is 1. The summed E-state index contributed by atoms with van der Waals surface area (Å²) in [7, 11) is 0. The Kier molecular flexibility index (Phi) is 9.75. The van der Waals surface area contributed by atoms with Crippen molar-refractivity contribution in [2.75, 3.05) is 6.61 Å². The Labute approximate surface area is 213 Å². The Morgan fingerprint density at radius 1 is 1.14 bits per heavy atom. The fraction of sp³-hybridized carbons (Fsp3) is 0.600. The van der Waals surface area contributed by atoms with E-state index in [1.165, 1.54) is 0 Å². The van der Waals surface area contributed by atoms with Gasteiger partial charge in [-0.2, -0.15) is 0 Å². The highest BCUT2D eigenvalue weighted by Gasteiger charge is 2.71. The van der Waals surface area contributed by atoms with Crippen LogP contribution in [0, 0.1) is 0 Å². The zero-order chi connectivity index (χ0) is 27.2. The SMILES string of the molecule is CCCCCCCCC(F)N(O)[C@@]1(O)[C@H](O)[C@@H](CO)O[C@]1(O)n1cc(Cc2ccccc2)c(=O)[nH]c1=O. The number of halogens is 1. The second kappa shape index (κ2) is 12.4. The van der Waals surface area contributed by atoms with Crippen molar-refractivity contribution in [3.05, 3.63) is 68.5 Å². The minimum Gasteiger partial charge on any atom is -0.394 e. The average Bonchev–Trinajstić information content (AvgIpc) is 3.09. The second-order valence-corrected chi connectivity index (χ2v) is 9.40. The molecule has 0 radical (unpaired) electrons. The van der Waals surface area contributed by atoms with Crippen LogP contribution in [0.25, 0.3) is 0 Å². The summed E-state index contributed by atoms with van der Waals surface area (Å²) in [6.45, 7) is 1.12. The Hall–Kier alpha value is -2.45. The summed E-state index contributed by atoms with van der Waals surface area (Å²) >= 11 is 0. The van der Waals surface area contributed by atoms with Gasteiger partial charge in [0, 0.05) is 18.2 Å². The molecule has 37 heavy (non-hydrogen) atoms. The number of hydrogen-bond acceptors (Lipinski definition) is 9. The number of aliphatic hydroxyl groups excluding tert-OH is 2. The van der Waals surface area contributed by atoms with E-state index in [1.54, 1.807) is 30.3 Å². The monoisotopic (exact) mass is 525 g/mol. The molecule has 6 N–H and O–H groups in total. The predicted octanol–water partition coefficient (Wildman–Crippen LogP) is 0.908. The van der Waals surface area contributed by atoms with Crippen LogP contribution in [0.5, 0.6) is 0 Å². The summed E-state index contributed by atoms with van der Waals surface area (Å²) in [6.07, 6.45) is -0.613. The molecule has 2 heterocycles. The molecule has 1 unspecified atom stereocenters. The van der Waals surface area contributed by atoms with Crippen molar-refractivity contribution in [2.24, 2.45) is 0 Å². The van der Waals surface area contributed by atoms with Crippen molar-refractivity contribution >= 4 is 0 Å². The van der Waals surface area contributed by atoms with Gasteiger partial charge in [0.1, 0.15) is 12.2 Å². The van der Waals surface area contributed by atoms with E-state index in [1.807, 2.05) is 4.98 Å². The number of hydrogen-bond donors (Lipinski definition) is 6. The normalized spacial score (nSPS) is 26.6.